The van der Waals surface area contributed by atoms with Gasteiger partial charge in [0, 0.05) is 45.5 Å². The van der Waals surface area contributed by atoms with Crippen LogP contribution in [0.15, 0.2) is 176 Å². The number of carbonyl (C=O) groups excluding carboxylic acids is 10. The first-order valence-electron chi connectivity index (χ1n) is 33.0. The molecule has 0 fully saturated rings. The maximum atomic E-state index is 13.1. The van der Waals surface area contributed by atoms with Crippen molar-refractivity contribution in [3.8, 4) is 69.0 Å². The number of methoxy groups -OCH3 is 2. The number of hydrogen-bond donors (Lipinski definition) is 30. The van der Waals surface area contributed by atoms with Gasteiger partial charge in [0.05, 0.1) is 51.0 Å². The second-order valence-corrected chi connectivity index (χ2v) is 24.6. The van der Waals surface area contributed by atoms with Crippen molar-refractivity contribution < 1.29 is 117 Å². The standard InChI is InChI=1S/C9H12N2O4.C8H10N2O2.C8H10N2O.2C7H6ClFN2O2.3C7H7ClN2O2.C7H8N2O3.C7H8N2O2/c1-14-6-3-5(12)4-7(15-2)8(6)9(13)11-10;1-5-4-6(8(12)10-9)2-3-7(5)11;1-6-2-4-7(5-3-6)8(11)10-9;8-4-1-3(7(13)11-10)2-5(9)6(4)12;8-5-4(12)2-1-3(6(5)9)7(13)11-10;8-6-2-1-4(11)3-5(6)7(12)10-9;8-5-2-1-4(3-6(5)11)7(12)10-9;8-6-4(7(12)10-9)2-1-3-5(6)11;8-9-7(12)4-1-2-5(10)6(11)3-4;8-9-7(11)5-1-3-6(10)4-2-5/h3-4,12H,10H2,1-2H3,(H,11,13);2-4,11H,9H2,1H3,(H,10,12);2-5H,9H2,1H3,(H,10,11);2*1-2,12H,10H2,(H,11,13);3*1-3,11H,9H2,(H,10,12);1-3,10-11H,8H2,(H,9,12);1-4,10H,8H2,(H,9,11). The summed E-state index contributed by atoms with van der Waals surface area (Å²) in [6.07, 6.45) is 0. The molecule has 0 aliphatic heterocycles. The molecule has 0 atom stereocenters. The van der Waals surface area contributed by atoms with E-state index in [1.54, 1.807) is 30.5 Å². The lowest BCUT2D eigenvalue weighted by atomic mass is 10.1. The third-order valence-corrected chi connectivity index (χ3v) is 16.1. The fourth-order valence-corrected chi connectivity index (χ4v) is 9.06. The highest BCUT2D eigenvalue weighted by molar-refractivity contribution is 6.35. The van der Waals surface area contributed by atoms with Gasteiger partial charge >= 0.3 is 0 Å². The molecule has 0 aromatic heterocycles. The maximum absolute atomic E-state index is 13.1. The molecule has 10 rings (SSSR count). The number of ether oxygens (including phenoxy) is 2. The van der Waals surface area contributed by atoms with Crippen LogP contribution >= 0.6 is 58.0 Å². The Balaban J connectivity index is 0.000000684. The quantitative estimate of drug-likeness (QED) is 0.0354. The molecule has 10 amide bonds. The van der Waals surface area contributed by atoms with Crippen LogP contribution in [-0.4, -0.2) is 124 Å². The third-order valence-electron chi connectivity index (χ3n) is 14.4. The van der Waals surface area contributed by atoms with Crippen molar-refractivity contribution in [1.82, 2.24) is 54.3 Å². The van der Waals surface area contributed by atoms with Crippen molar-refractivity contribution in [2.75, 3.05) is 14.2 Å². The third kappa shape index (κ3) is 35.1. The number of hydrazine groups is 10. The Bertz CT molecular complexity index is 5050. The molecular weight excluding hydrogens is 1740 g/mol. The average Bonchev–Trinajstić information content (AvgIpc) is 0.823. The SMILES string of the molecule is COc1cc(O)cc(OC)c1C(=O)NN.Cc1cc(C(=O)NN)ccc1O.Cc1ccc(C(=O)NN)cc1.NNC(=O)c1cc(F)c(O)c(Cl)c1.NNC(=O)c1cc(O)ccc1Cl.NNC(=O)c1ccc(Cl)c(O)c1.NNC(=O)c1ccc(O)c(Cl)c1F.NNC(=O)c1ccc(O)c(O)c1.NNC(=O)c1ccc(O)cc1.NNC(=O)c1cccc(O)c1Cl. The van der Waals surface area contributed by atoms with Crippen LogP contribution < -0.4 is 122 Å². The zero-order valence-corrected chi connectivity index (χ0v) is 67.8. The maximum Gasteiger partial charge on any atom is 0.272 e. The number of amides is 10. The topological polar surface area (TPSA) is 772 Å². The highest BCUT2D eigenvalue weighted by Crippen LogP contribution is 2.34. The number of rotatable bonds is 12. The van der Waals surface area contributed by atoms with E-state index in [0.717, 1.165) is 35.9 Å². The van der Waals surface area contributed by atoms with Gasteiger partial charge in [-0.15, -0.1) is 0 Å². The van der Waals surface area contributed by atoms with Gasteiger partial charge < -0.3 is 60.5 Å². The summed E-state index contributed by atoms with van der Waals surface area (Å²) in [5.74, 6) is 40.4. The van der Waals surface area contributed by atoms with Crippen LogP contribution in [0.1, 0.15) is 115 Å². The summed E-state index contributed by atoms with van der Waals surface area (Å²) < 4.78 is 35.7. The summed E-state index contributed by atoms with van der Waals surface area (Å²) in [6, 6.07) is 40.5. The predicted molar refractivity (Wildman–Crippen MR) is 445 cm³/mol. The molecular formula is C74H81Cl5F2N20O22. The molecule has 0 radical (unpaired) electrons. The Morgan fingerprint density at radius 2 is 0.675 bits per heavy atom. The number of phenols is 10. The van der Waals surface area contributed by atoms with E-state index in [1.165, 1.54) is 129 Å². The van der Waals surface area contributed by atoms with Crippen molar-refractivity contribution in [1.29, 1.82) is 0 Å². The zero-order valence-electron chi connectivity index (χ0n) is 64.0. The lowest BCUT2D eigenvalue weighted by Crippen LogP contribution is -2.30. The first kappa shape index (κ1) is 106. The zero-order chi connectivity index (χ0) is 93.7. The van der Waals surface area contributed by atoms with Crippen molar-refractivity contribution in [2.45, 2.75) is 13.8 Å². The number of nitrogens with one attached hydrogen (secondary N) is 10. The lowest BCUT2D eigenvalue weighted by Gasteiger charge is -2.12. The fourth-order valence-electron chi connectivity index (χ4n) is 8.15. The molecule has 0 saturated heterocycles. The molecule has 658 valence electrons. The number of nitrogen functional groups attached to an aromatic ring is 10. The number of hydrogen-bond acceptors (Lipinski definition) is 32. The van der Waals surface area contributed by atoms with E-state index in [4.69, 9.17) is 172 Å². The van der Waals surface area contributed by atoms with Gasteiger partial charge in [0.2, 0.25) is 0 Å². The fraction of sp³-hybridized carbons (Fsp3) is 0.0541. The molecule has 10 aromatic carbocycles. The minimum Gasteiger partial charge on any atom is -0.508 e. The molecule has 0 bridgehead atoms. The Kier molecular flexibility index (Phi) is 47.1. The largest absolute Gasteiger partial charge is 0.508 e. The van der Waals surface area contributed by atoms with E-state index in [1.807, 2.05) is 62.5 Å². The predicted octanol–water partition coefficient (Wildman–Crippen LogP) is 4.14. The number of nitrogens with two attached hydrogens (primary N) is 10. The minimum atomic E-state index is -0.996. The van der Waals surface area contributed by atoms with Gasteiger partial charge in [0.15, 0.2) is 28.9 Å². The van der Waals surface area contributed by atoms with E-state index >= 15 is 0 Å². The first-order valence-corrected chi connectivity index (χ1v) is 34.9. The lowest BCUT2D eigenvalue weighted by molar-refractivity contribution is 0.0939. The number of aromatic hydroxyl groups is 10. The van der Waals surface area contributed by atoms with E-state index in [9.17, 15) is 61.8 Å². The molecule has 0 aliphatic rings. The van der Waals surface area contributed by atoms with E-state index in [2.05, 4.69) is 5.43 Å². The Morgan fingerprint density at radius 3 is 1.11 bits per heavy atom. The Labute approximate surface area is 719 Å². The number of aryl methyl sites for hydroxylation is 2. The van der Waals surface area contributed by atoms with Gasteiger partial charge in [0.1, 0.15) is 62.3 Å². The van der Waals surface area contributed by atoms with Crippen LogP contribution in [0.5, 0.6) is 69.0 Å². The van der Waals surface area contributed by atoms with E-state index in [0.29, 0.717) is 22.3 Å². The van der Waals surface area contributed by atoms with Gasteiger partial charge in [-0.1, -0.05) is 81.8 Å². The number of halogens is 7. The normalized spacial score (nSPS) is 9.50. The van der Waals surface area contributed by atoms with Gasteiger partial charge in [0.25, 0.3) is 59.1 Å². The van der Waals surface area contributed by atoms with Crippen LogP contribution in [0.25, 0.3) is 0 Å². The number of phenolic OH excluding ortho intramolecular Hbond substituents is 10. The van der Waals surface area contributed by atoms with Crippen LogP contribution in [0.4, 0.5) is 8.78 Å². The monoisotopic (exact) mass is 1810 g/mol. The van der Waals surface area contributed by atoms with Gasteiger partial charge in [-0.25, -0.2) is 67.2 Å². The highest BCUT2D eigenvalue weighted by atomic mass is 35.5. The summed E-state index contributed by atoms with van der Waals surface area (Å²) in [6.45, 7) is 3.67. The first-order chi connectivity index (χ1) is 58.0. The Hall–Kier alpha value is -14.6. The molecule has 0 unspecified atom stereocenters. The van der Waals surface area contributed by atoms with Gasteiger partial charge in [-0.3, -0.25) is 102 Å². The molecule has 42 nitrogen and oxygen atoms in total. The second kappa shape index (κ2) is 54.5. The van der Waals surface area contributed by atoms with Gasteiger partial charge in [-0.05, 0) is 165 Å². The molecule has 49 heteroatoms. The minimum absolute atomic E-state index is 0.000417. The average molecular weight is 1820 g/mol. The van der Waals surface area contributed by atoms with Crippen molar-refractivity contribution >= 4 is 117 Å². The summed E-state index contributed by atoms with van der Waals surface area (Å²) in [5.41, 5.74) is 23.0. The number of benzene rings is 10. The molecule has 40 N–H and O–H groups in total. The molecule has 0 spiro atoms. The summed E-state index contributed by atoms with van der Waals surface area (Å²) in [5, 5.41) is 89.9. The van der Waals surface area contributed by atoms with E-state index in [-0.39, 0.29) is 134 Å². The molecule has 10 aromatic rings. The van der Waals surface area contributed by atoms with E-state index < -0.39 is 69.5 Å². The number of carbonyl (C=O) groups is 10. The molecule has 0 aliphatic carbocycles. The molecule has 0 heterocycles. The van der Waals surface area contributed by atoms with Crippen LogP contribution in [0.3, 0.4) is 0 Å². The Morgan fingerprint density at radius 1 is 0.301 bits per heavy atom. The molecule has 0 saturated carbocycles. The smallest absolute Gasteiger partial charge is 0.272 e. The van der Waals surface area contributed by atoms with Crippen LogP contribution in [0, 0.1) is 25.5 Å². The summed E-state index contributed by atoms with van der Waals surface area (Å²) in [4.78, 5) is 109. The van der Waals surface area contributed by atoms with Crippen molar-refractivity contribution in [3.05, 3.63) is 279 Å². The summed E-state index contributed by atoms with van der Waals surface area (Å²) >= 11 is 27.5. The van der Waals surface area contributed by atoms with Gasteiger partial charge in [-0.2, -0.15) is 0 Å². The van der Waals surface area contributed by atoms with Crippen molar-refractivity contribution in [2.24, 2.45) is 58.4 Å². The molecule has 123 heavy (non-hydrogen) atoms. The van der Waals surface area contributed by atoms with Crippen molar-refractivity contribution in [3.63, 3.8) is 0 Å². The van der Waals surface area contributed by atoms with Crippen LogP contribution in [-0.2, 0) is 0 Å². The van der Waals surface area contributed by atoms with Crippen LogP contribution in [0.2, 0.25) is 25.1 Å². The summed E-state index contributed by atoms with van der Waals surface area (Å²) in [7, 11) is 2.75. The second-order valence-electron chi connectivity index (χ2n) is 22.6. The highest BCUT2D eigenvalue weighted by Gasteiger charge is 2.21.